The third-order valence-electron chi connectivity index (χ3n) is 2.00. The number of nitrogens with zero attached hydrogens (tertiary/aromatic N) is 3. The minimum atomic E-state index is 0.740. The fourth-order valence-corrected chi connectivity index (χ4v) is 1.34. The van der Waals surface area contributed by atoms with E-state index >= 15 is 0 Å². The summed E-state index contributed by atoms with van der Waals surface area (Å²) in [4.78, 5) is 10.2. The molecule has 1 heterocycles. The second kappa shape index (κ2) is 4.79. The summed E-state index contributed by atoms with van der Waals surface area (Å²) in [5, 5.41) is 0. The molecule has 0 aliphatic rings. The predicted octanol–water partition coefficient (Wildman–Crippen LogP) is 1.42. The summed E-state index contributed by atoms with van der Waals surface area (Å²) in [5.74, 6) is 1.71. The van der Waals surface area contributed by atoms with E-state index in [1.165, 1.54) is 0 Å². The summed E-state index contributed by atoms with van der Waals surface area (Å²) in [5.41, 5.74) is 0.990. The van der Waals surface area contributed by atoms with Crippen molar-refractivity contribution >= 4 is 6.34 Å². The molecule has 0 bridgehead atoms. The van der Waals surface area contributed by atoms with Crippen molar-refractivity contribution in [1.82, 2.24) is 9.88 Å². The Hall–Kier alpha value is -1.32. The smallest absolute Gasteiger partial charge is 0.191 e. The highest BCUT2D eigenvalue weighted by Crippen LogP contribution is 2.09. The molecule has 0 amide bonds. The Bertz CT molecular complexity index is 317. The zero-order valence-corrected chi connectivity index (χ0v) is 9.24. The molecule has 0 spiro atoms. The van der Waals surface area contributed by atoms with Crippen molar-refractivity contribution < 1.29 is 4.42 Å². The zero-order valence-electron chi connectivity index (χ0n) is 9.24. The molecule has 78 valence electrons. The molecular formula is C10H17N3O. The van der Waals surface area contributed by atoms with Crippen LogP contribution < -0.4 is 0 Å². The Morgan fingerprint density at radius 1 is 1.50 bits per heavy atom. The van der Waals surface area contributed by atoms with E-state index < -0.39 is 0 Å². The van der Waals surface area contributed by atoms with Crippen LogP contribution in [0.4, 0.5) is 0 Å². The second-order valence-corrected chi connectivity index (χ2v) is 3.35. The van der Waals surface area contributed by atoms with Crippen molar-refractivity contribution in [3.05, 3.63) is 17.3 Å². The molecular weight excluding hydrogens is 178 g/mol. The summed E-state index contributed by atoms with van der Waals surface area (Å²) >= 11 is 0. The van der Waals surface area contributed by atoms with Crippen LogP contribution in [-0.2, 0) is 6.42 Å². The quantitative estimate of drug-likeness (QED) is 0.539. The van der Waals surface area contributed by atoms with Crippen LogP contribution in [0, 0.1) is 13.8 Å². The first-order chi connectivity index (χ1) is 6.63. The molecule has 0 fully saturated rings. The maximum absolute atomic E-state index is 5.46. The van der Waals surface area contributed by atoms with E-state index in [-0.39, 0.29) is 0 Å². The molecule has 0 aliphatic carbocycles. The van der Waals surface area contributed by atoms with Crippen molar-refractivity contribution in [1.29, 1.82) is 0 Å². The van der Waals surface area contributed by atoms with E-state index in [0.717, 1.165) is 30.3 Å². The van der Waals surface area contributed by atoms with Gasteiger partial charge in [0.2, 0.25) is 0 Å². The van der Waals surface area contributed by atoms with Gasteiger partial charge in [0.25, 0.3) is 0 Å². The monoisotopic (exact) mass is 195 g/mol. The molecule has 0 aliphatic heterocycles. The van der Waals surface area contributed by atoms with Crippen LogP contribution in [0.5, 0.6) is 0 Å². The predicted molar refractivity (Wildman–Crippen MR) is 56.7 cm³/mol. The van der Waals surface area contributed by atoms with Crippen LogP contribution in [-0.4, -0.2) is 36.9 Å². The van der Waals surface area contributed by atoms with Crippen LogP contribution in [0.3, 0.4) is 0 Å². The van der Waals surface area contributed by atoms with Gasteiger partial charge in [-0.15, -0.1) is 0 Å². The molecule has 0 radical (unpaired) electrons. The third kappa shape index (κ3) is 2.87. The van der Waals surface area contributed by atoms with Gasteiger partial charge < -0.3 is 9.32 Å². The average Bonchev–Trinajstić information content (AvgIpc) is 2.42. The van der Waals surface area contributed by atoms with E-state index in [0.29, 0.717) is 0 Å². The number of rotatable bonds is 4. The number of hydrogen-bond acceptors (Lipinski definition) is 3. The number of hydrogen-bond donors (Lipinski definition) is 0. The number of oxazole rings is 1. The molecule has 0 saturated carbocycles. The highest BCUT2D eigenvalue weighted by Gasteiger charge is 2.06. The fourth-order valence-electron chi connectivity index (χ4n) is 1.34. The molecule has 0 aromatic carbocycles. The summed E-state index contributed by atoms with van der Waals surface area (Å²) in [6, 6.07) is 0. The molecule has 1 aromatic rings. The lowest BCUT2D eigenvalue weighted by Crippen LogP contribution is -2.19. The SMILES string of the molecule is CN=CN(C)CCc1oc(C)nc1C. The molecule has 1 rings (SSSR count). The van der Waals surface area contributed by atoms with E-state index in [2.05, 4.69) is 9.98 Å². The van der Waals surface area contributed by atoms with Gasteiger partial charge in [0.15, 0.2) is 5.89 Å². The van der Waals surface area contributed by atoms with E-state index in [4.69, 9.17) is 4.42 Å². The number of aromatic nitrogens is 1. The molecule has 14 heavy (non-hydrogen) atoms. The van der Waals surface area contributed by atoms with Gasteiger partial charge in [-0.3, -0.25) is 4.99 Å². The topological polar surface area (TPSA) is 41.6 Å². The van der Waals surface area contributed by atoms with Gasteiger partial charge >= 0.3 is 0 Å². The lowest BCUT2D eigenvalue weighted by atomic mass is 10.3. The minimum absolute atomic E-state index is 0.740. The first-order valence-electron chi connectivity index (χ1n) is 4.69. The zero-order chi connectivity index (χ0) is 10.6. The Kier molecular flexibility index (Phi) is 3.68. The van der Waals surface area contributed by atoms with Crippen molar-refractivity contribution in [2.24, 2.45) is 4.99 Å². The maximum Gasteiger partial charge on any atom is 0.191 e. The van der Waals surface area contributed by atoms with Crippen LogP contribution in [0.2, 0.25) is 0 Å². The van der Waals surface area contributed by atoms with Crippen LogP contribution >= 0.6 is 0 Å². The van der Waals surface area contributed by atoms with Gasteiger partial charge in [-0.2, -0.15) is 0 Å². The number of likely N-dealkylation sites (N-methyl/N-ethyl adjacent to an activating group) is 1. The molecule has 0 saturated heterocycles. The number of aliphatic imine (C=N–C) groups is 1. The summed E-state index contributed by atoms with van der Waals surface area (Å²) in [6.45, 7) is 4.74. The van der Waals surface area contributed by atoms with Gasteiger partial charge in [0.05, 0.1) is 12.0 Å². The molecule has 0 unspecified atom stereocenters. The standard InChI is InChI=1S/C10H17N3O/c1-8-10(14-9(2)12-8)5-6-13(4)7-11-3/h7H,5-6H2,1-4H3. The van der Waals surface area contributed by atoms with Crippen molar-refractivity contribution in [2.75, 3.05) is 20.6 Å². The first kappa shape index (κ1) is 10.8. The lowest BCUT2D eigenvalue weighted by Gasteiger charge is -2.10. The van der Waals surface area contributed by atoms with Crippen LogP contribution in [0.25, 0.3) is 0 Å². The fraction of sp³-hybridized carbons (Fsp3) is 0.600. The highest BCUT2D eigenvalue weighted by atomic mass is 16.4. The summed E-state index contributed by atoms with van der Waals surface area (Å²) in [7, 11) is 3.76. The van der Waals surface area contributed by atoms with Crippen LogP contribution in [0.15, 0.2) is 9.41 Å². The maximum atomic E-state index is 5.46. The molecule has 0 N–H and O–H groups in total. The van der Waals surface area contributed by atoms with Crippen molar-refractivity contribution in [3.8, 4) is 0 Å². The van der Waals surface area contributed by atoms with Gasteiger partial charge in [-0.1, -0.05) is 0 Å². The molecule has 4 nitrogen and oxygen atoms in total. The van der Waals surface area contributed by atoms with E-state index in [1.807, 2.05) is 25.8 Å². The molecule has 0 atom stereocenters. The Labute approximate surface area is 84.7 Å². The second-order valence-electron chi connectivity index (χ2n) is 3.35. The summed E-state index contributed by atoms with van der Waals surface area (Å²) in [6.07, 6.45) is 2.67. The van der Waals surface area contributed by atoms with Gasteiger partial charge in [-0.05, 0) is 6.92 Å². The Morgan fingerprint density at radius 3 is 2.71 bits per heavy atom. The van der Waals surface area contributed by atoms with Crippen molar-refractivity contribution in [2.45, 2.75) is 20.3 Å². The Balaban J connectivity index is 2.49. The highest BCUT2D eigenvalue weighted by molar-refractivity contribution is 5.53. The first-order valence-corrected chi connectivity index (χ1v) is 4.69. The summed E-state index contributed by atoms with van der Waals surface area (Å²) < 4.78 is 5.46. The average molecular weight is 195 g/mol. The third-order valence-corrected chi connectivity index (χ3v) is 2.00. The number of aryl methyl sites for hydroxylation is 2. The van der Waals surface area contributed by atoms with E-state index in [9.17, 15) is 0 Å². The molecule has 4 heteroatoms. The Morgan fingerprint density at radius 2 is 2.21 bits per heavy atom. The largest absolute Gasteiger partial charge is 0.446 e. The van der Waals surface area contributed by atoms with Gasteiger partial charge in [0.1, 0.15) is 5.76 Å². The lowest BCUT2D eigenvalue weighted by molar-refractivity contribution is 0.438. The van der Waals surface area contributed by atoms with E-state index in [1.54, 1.807) is 13.4 Å². The van der Waals surface area contributed by atoms with Gasteiger partial charge in [0, 0.05) is 34.0 Å². The van der Waals surface area contributed by atoms with Crippen molar-refractivity contribution in [3.63, 3.8) is 0 Å². The van der Waals surface area contributed by atoms with Gasteiger partial charge in [-0.25, -0.2) is 4.98 Å². The van der Waals surface area contributed by atoms with Crippen LogP contribution in [0.1, 0.15) is 17.3 Å². The minimum Gasteiger partial charge on any atom is -0.446 e. The normalized spacial score (nSPS) is 11.1. The molecule has 1 aromatic heterocycles.